The van der Waals surface area contributed by atoms with Crippen LogP contribution in [0.5, 0.6) is 5.75 Å². The van der Waals surface area contributed by atoms with Gasteiger partial charge in [0.2, 0.25) is 11.8 Å². The first-order valence-corrected chi connectivity index (χ1v) is 11.6. The summed E-state index contributed by atoms with van der Waals surface area (Å²) in [4.78, 5) is 40.7. The molecule has 1 aromatic rings. The van der Waals surface area contributed by atoms with Crippen LogP contribution in [0.3, 0.4) is 0 Å². The quantitative estimate of drug-likeness (QED) is 0.734. The molecule has 3 amide bonds. The first-order chi connectivity index (χ1) is 14.9. The normalized spacial score (nSPS) is 28.5. The Morgan fingerprint density at radius 2 is 2.03 bits per heavy atom. The zero-order valence-corrected chi connectivity index (χ0v) is 18.4. The van der Waals surface area contributed by atoms with E-state index in [9.17, 15) is 14.4 Å². The molecule has 166 valence electrons. The Hall–Kier alpha value is -2.41. The highest BCUT2D eigenvalue weighted by Gasteiger charge is 2.53. The molecule has 31 heavy (non-hydrogen) atoms. The summed E-state index contributed by atoms with van der Waals surface area (Å²) >= 11 is 0. The molecule has 3 aliphatic heterocycles. The minimum Gasteiger partial charge on any atom is -0.489 e. The highest BCUT2D eigenvalue weighted by atomic mass is 16.5. The summed E-state index contributed by atoms with van der Waals surface area (Å²) in [5.74, 6) is 0.0141. The number of carbonyl (C=O) groups is 3. The number of amides is 3. The van der Waals surface area contributed by atoms with Crippen LogP contribution in [-0.2, 0) is 16.1 Å². The van der Waals surface area contributed by atoms with E-state index in [-0.39, 0.29) is 30.2 Å². The van der Waals surface area contributed by atoms with Gasteiger partial charge in [0.1, 0.15) is 17.9 Å². The van der Waals surface area contributed by atoms with Crippen LogP contribution in [0.2, 0.25) is 0 Å². The molecule has 4 aliphatic rings. The number of nitrogens with one attached hydrogen (secondary N) is 1. The third-order valence-corrected chi connectivity index (χ3v) is 7.86. The van der Waals surface area contributed by atoms with Gasteiger partial charge < -0.3 is 9.64 Å². The Morgan fingerprint density at radius 3 is 2.74 bits per heavy atom. The van der Waals surface area contributed by atoms with Crippen LogP contribution in [0.25, 0.3) is 0 Å². The fraction of sp³-hybridized carbons (Fsp3) is 0.625. The fourth-order valence-corrected chi connectivity index (χ4v) is 5.37. The number of piperidine rings is 2. The Balaban J connectivity index is 1.31. The molecule has 0 aromatic heterocycles. The first kappa shape index (κ1) is 20.5. The van der Waals surface area contributed by atoms with Crippen molar-refractivity contribution in [1.82, 2.24) is 15.1 Å². The second-order valence-electron chi connectivity index (χ2n) is 9.69. The van der Waals surface area contributed by atoms with Gasteiger partial charge in [-0.3, -0.25) is 24.6 Å². The standard InChI is InChI=1S/C24H31N3O4/c1-3-15(2)26-11-10-24(8-9-24)20(14-26)31-17-4-5-18-16(12-17)13-27(23(18)30)19-6-7-21(28)25-22(19)29/h4-5,12,15,19-20H,3,6-11,13-14H2,1-2H3,(H,25,28,29)/t15-,19?,20-/m0/s1. The lowest BCUT2D eigenvalue weighted by atomic mass is 9.89. The Labute approximate surface area is 183 Å². The van der Waals surface area contributed by atoms with E-state index in [1.807, 2.05) is 18.2 Å². The number of nitrogens with zero attached hydrogens (tertiary/aromatic N) is 2. The summed E-state index contributed by atoms with van der Waals surface area (Å²) in [7, 11) is 0. The van der Waals surface area contributed by atoms with E-state index in [0.717, 1.165) is 30.8 Å². The summed E-state index contributed by atoms with van der Waals surface area (Å²) in [6.07, 6.45) is 5.62. The van der Waals surface area contributed by atoms with Crippen LogP contribution in [0.1, 0.15) is 68.3 Å². The van der Waals surface area contributed by atoms with E-state index in [0.29, 0.717) is 30.0 Å². The molecule has 1 aromatic carbocycles. The van der Waals surface area contributed by atoms with Gasteiger partial charge in [-0.1, -0.05) is 6.92 Å². The molecule has 3 fully saturated rings. The number of ether oxygens (including phenoxy) is 1. The summed E-state index contributed by atoms with van der Waals surface area (Å²) in [6.45, 7) is 6.99. The molecule has 0 radical (unpaired) electrons. The Morgan fingerprint density at radius 1 is 1.23 bits per heavy atom. The van der Waals surface area contributed by atoms with Gasteiger partial charge in [-0.05, 0) is 69.3 Å². The van der Waals surface area contributed by atoms with E-state index < -0.39 is 6.04 Å². The van der Waals surface area contributed by atoms with Crippen molar-refractivity contribution in [3.8, 4) is 5.75 Å². The number of fused-ring (bicyclic) bond motifs is 1. The number of rotatable bonds is 5. The minimum atomic E-state index is -0.584. The van der Waals surface area contributed by atoms with Crippen molar-refractivity contribution in [2.45, 2.75) is 77.1 Å². The highest BCUT2D eigenvalue weighted by molar-refractivity contribution is 6.05. The molecule has 1 unspecified atom stereocenters. The van der Waals surface area contributed by atoms with Crippen LogP contribution in [0, 0.1) is 5.41 Å². The summed E-state index contributed by atoms with van der Waals surface area (Å²) in [6, 6.07) is 5.66. The number of hydrogen-bond acceptors (Lipinski definition) is 5. The average molecular weight is 426 g/mol. The summed E-state index contributed by atoms with van der Waals surface area (Å²) < 4.78 is 6.54. The number of carbonyl (C=O) groups excluding carboxylic acids is 3. The van der Waals surface area contributed by atoms with Gasteiger partial charge in [-0.25, -0.2) is 0 Å². The molecular weight excluding hydrogens is 394 g/mol. The molecule has 7 nitrogen and oxygen atoms in total. The Kier molecular flexibility index (Phi) is 5.04. The van der Waals surface area contributed by atoms with Crippen LogP contribution in [-0.4, -0.2) is 58.8 Å². The maximum Gasteiger partial charge on any atom is 0.255 e. The lowest BCUT2D eigenvalue weighted by Gasteiger charge is -2.41. The van der Waals surface area contributed by atoms with Crippen molar-refractivity contribution in [1.29, 1.82) is 0 Å². The lowest BCUT2D eigenvalue weighted by Crippen LogP contribution is -2.52. The van der Waals surface area contributed by atoms with Crippen LogP contribution in [0.15, 0.2) is 18.2 Å². The second kappa shape index (κ2) is 7.62. The third-order valence-electron chi connectivity index (χ3n) is 7.86. The van der Waals surface area contributed by atoms with Crippen molar-refractivity contribution < 1.29 is 19.1 Å². The smallest absolute Gasteiger partial charge is 0.255 e. The molecule has 5 rings (SSSR count). The van der Waals surface area contributed by atoms with Gasteiger partial charge in [-0.15, -0.1) is 0 Å². The van der Waals surface area contributed by atoms with Crippen molar-refractivity contribution in [3.63, 3.8) is 0 Å². The zero-order valence-electron chi connectivity index (χ0n) is 18.4. The van der Waals surface area contributed by atoms with Crippen molar-refractivity contribution in [3.05, 3.63) is 29.3 Å². The predicted molar refractivity (Wildman–Crippen MR) is 115 cm³/mol. The van der Waals surface area contributed by atoms with Crippen molar-refractivity contribution >= 4 is 17.7 Å². The lowest BCUT2D eigenvalue weighted by molar-refractivity contribution is -0.136. The van der Waals surface area contributed by atoms with Gasteiger partial charge in [0.15, 0.2) is 0 Å². The van der Waals surface area contributed by atoms with Gasteiger partial charge in [0.25, 0.3) is 5.91 Å². The minimum absolute atomic E-state index is 0.143. The number of hydrogen-bond donors (Lipinski definition) is 1. The molecule has 3 atom stereocenters. The molecule has 0 bridgehead atoms. The summed E-state index contributed by atoms with van der Waals surface area (Å²) in [5, 5.41) is 2.35. The van der Waals surface area contributed by atoms with Crippen LogP contribution < -0.4 is 10.1 Å². The van der Waals surface area contributed by atoms with Crippen LogP contribution in [0.4, 0.5) is 0 Å². The zero-order chi connectivity index (χ0) is 21.8. The van der Waals surface area contributed by atoms with E-state index in [4.69, 9.17) is 4.74 Å². The van der Waals surface area contributed by atoms with Crippen LogP contribution >= 0.6 is 0 Å². The molecule has 1 spiro atoms. The SMILES string of the molecule is CC[C@H](C)N1CCC2(CC2)[C@@H](Oc2ccc3c(c2)CN(C2CCC(=O)NC2=O)C3=O)C1. The first-order valence-electron chi connectivity index (χ1n) is 11.6. The molecule has 3 heterocycles. The van der Waals surface area contributed by atoms with Gasteiger partial charge in [0.05, 0.1) is 0 Å². The summed E-state index contributed by atoms with van der Waals surface area (Å²) in [5.41, 5.74) is 1.84. The van der Waals surface area contributed by atoms with E-state index in [2.05, 4.69) is 24.1 Å². The van der Waals surface area contributed by atoms with E-state index in [1.165, 1.54) is 19.3 Å². The van der Waals surface area contributed by atoms with Crippen molar-refractivity contribution in [2.24, 2.45) is 5.41 Å². The topological polar surface area (TPSA) is 79.0 Å². The molecular formula is C24H31N3O4. The molecule has 7 heteroatoms. The van der Waals surface area contributed by atoms with Gasteiger partial charge in [-0.2, -0.15) is 0 Å². The molecule has 1 aliphatic carbocycles. The maximum absolute atomic E-state index is 12.9. The highest BCUT2D eigenvalue weighted by Crippen LogP contribution is 2.55. The van der Waals surface area contributed by atoms with Gasteiger partial charge >= 0.3 is 0 Å². The van der Waals surface area contributed by atoms with Crippen molar-refractivity contribution in [2.75, 3.05) is 13.1 Å². The predicted octanol–water partition coefficient (Wildman–Crippen LogP) is 2.48. The average Bonchev–Trinajstić information content (AvgIpc) is 3.46. The van der Waals surface area contributed by atoms with E-state index >= 15 is 0 Å². The number of benzene rings is 1. The number of imide groups is 1. The molecule has 2 saturated heterocycles. The Bertz CT molecular complexity index is 925. The monoisotopic (exact) mass is 425 g/mol. The largest absolute Gasteiger partial charge is 0.489 e. The van der Waals surface area contributed by atoms with E-state index in [1.54, 1.807) is 4.90 Å². The fourth-order valence-electron chi connectivity index (χ4n) is 5.37. The third kappa shape index (κ3) is 3.63. The second-order valence-corrected chi connectivity index (χ2v) is 9.69. The molecule has 1 saturated carbocycles. The maximum atomic E-state index is 12.9. The van der Waals surface area contributed by atoms with Gasteiger partial charge in [0, 0.05) is 36.5 Å². The number of likely N-dealkylation sites (tertiary alicyclic amines) is 1. The molecule has 1 N–H and O–H groups in total.